The van der Waals surface area contributed by atoms with Crippen molar-refractivity contribution < 1.29 is 31.2 Å². The molecular formula is C35H54F4O3Si2. The summed E-state index contributed by atoms with van der Waals surface area (Å²) in [4.78, 5) is 12.7. The molecule has 2 aromatic rings. The Morgan fingerprint density at radius 1 is 0.523 bits per heavy atom. The minimum absolute atomic E-state index is 0.0548. The minimum atomic E-state index is -2.56. The molecule has 0 atom stereocenters. The molecule has 0 aromatic heterocycles. The van der Waals surface area contributed by atoms with Gasteiger partial charge in [0.2, 0.25) is 0 Å². The number of carbonyl (C=O) groups excluding carboxylic acids is 1. The number of Topliss-reactive ketones (excluding diaryl/α,β-unsaturated/α-hetero) is 1. The van der Waals surface area contributed by atoms with Crippen molar-refractivity contribution in [3.63, 3.8) is 0 Å². The lowest BCUT2D eigenvalue weighted by molar-refractivity contribution is -0.119. The van der Waals surface area contributed by atoms with Gasteiger partial charge in [-0.15, -0.1) is 0 Å². The van der Waals surface area contributed by atoms with E-state index < -0.39 is 39.9 Å². The topological polar surface area (TPSA) is 35.5 Å². The summed E-state index contributed by atoms with van der Waals surface area (Å²) in [5.41, 5.74) is 1.63. The molecule has 0 radical (unpaired) electrons. The quantitative estimate of drug-likeness (QED) is 0.133. The fraction of sp³-hybridized carbons (Fsp3) is 0.629. The van der Waals surface area contributed by atoms with E-state index in [1.165, 1.54) is 24.3 Å². The van der Waals surface area contributed by atoms with E-state index in [-0.39, 0.29) is 76.2 Å². The molecule has 0 fully saturated rings. The number of hydrogen-bond acceptors (Lipinski definition) is 3. The molecule has 9 heteroatoms. The first-order chi connectivity index (χ1) is 20.3. The summed E-state index contributed by atoms with van der Waals surface area (Å²) in [6.45, 7) is 24.6. The van der Waals surface area contributed by atoms with Crippen LogP contribution in [0.15, 0.2) is 24.3 Å². The van der Waals surface area contributed by atoms with Crippen LogP contribution in [0.25, 0.3) is 0 Å². The lowest BCUT2D eigenvalue weighted by atomic mass is 10.0. The predicted octanol–water partition coefficient (Wildman–Crippen LogP) is 11.5. The fourth-order valence-corrected chi connectivity index (χ4v) is 18.0. The largest absolute Gasteiger partial charge is 0.539 e. The first-order valence-electron chi connectivity index (χ1n) is 16.2. The Balaban J connectivity index is 2.12. The highest BCUT2D eigenvalue weighted by molar-refractivity contribution is 6.78. The van der Waals surface area contributed by atoms with Crippen LogP contribution in [0.3, 0.4) is 0 Å². The number of benzene rings is 2. The van der Waals surface area contributed by atoms with E-state index in [9.17, 15) is 4.79 Å². The maximum absolute atomic E-state index is 15.2. The van der Waals surface area contributed by atoms with Gasteiger partial charge in [-0.2, -0.15) is 0 Å². The van der Waals surface area contributed by atoms with Crippen LogP contribution in [-0.4, -0.2) is 22.4 Å². The van der Waals surface area contributed by atoms with Crippen LogP contribution in [0.4, 0.5) is 17.6 Å². The predicted molar refractivity (Wildman–Crippen MR) is 178 cm³/mol. The average molecular weight is 655 g/mol. The van der Waals surface area contributed by atoms with Gasteiger partial charge in [0.25, 0.3) is 16.6 Å². The summed E-state index contributed by atoms with van der Waals surface area (Å²) >= 11 is 0. The molecule has 0 heterocycles. The highest BCUT2D eigenvalue weighted by atomic mass is 28.4. The summed E-state index contributed by atoms with van der Waals surface area (Å²) in [5.74, 6) is -3.90. The Kier molecular flexibility index (Phi) is 13.3. The number of carbonyl (C=O) groups is 1. The van der Waals surface area contributed by atoms with Gasteiger partial charge in [-0.05, 0) is 81.5 Å². The number of aryl methyl sites for hydroxylation is 2. The van der Waals surface area contributed by atoms with E-state index in [4.69, 9.17) is 8.85 Å². The Labute approximate surface area is 265 Å². The van der Waals surface area contributed by atoms with E-state index >= 15 is 17.6 Å². The molecule has 248 valence electrons. The van der Waals surface area contributed by atoms with Crippen molar-refractivity contribution in [3.8, 4) is 11.5 Å². The van der Waals surface area contributed by atoms with Crippen molar-refractivity contribution in [2.45, 2.75) is 142 Å². The van der Waals surface area contributed by atoms with E-state index in [2.05, 4.69) is 0 Å². The monoisotopic (exact) mass is 654 g/mol. The third kappa shape index (κ3) is 8.17. The second-order valence-electron chi connectivity index (χ2n) is 14.2. The van der Waals surface area contributed by atoms with Crippen molar-refractivity contribution >= 4 is 22.4 Å². The Hall–Kier alpha value is -2.14. The summed E-state index contributed by atoms with van der Waals surface area (Å²) in [7, 11) is -5.12. The van der Waals surface area contributed by atoms with Crippen molar-refractivity contribution in [1.29, 1.82) is 0 Å². The first-order valence-corrected chi connectivity index (χ1v) is 20.4. The summed E-state index contributed by atoms with van der Waals surface area (Å²) < 4.78 is 73.2. The van der Waals surface area contributed by atoms with Gasteiger partial charge in [-0.25, -0.2) is 17.6 Å². The van der Waals surface area contributed by atoms with Gasteiger partial charge in [0.1, 0.15) is 5.78 Å². The molecule has 0 amide bonds. The molecule has 0 saturated heterocycles. The molecule has 0 aliphatic rings. The fourth-order valence-electron chi connectivity index (χ4n) is 7.46. The van der Waals surface area contributed by atoms with Crippen LogP contribution in [-0.2, 0) is 17.6 Å². The van der Waals surface area contributed by atoms with E-state index in [1.54, 1.807) is 0 Å². The van der Waals surface area contributed by atoms with Crippen LogP contribution in [0.5, 0.6) is 11.5 Å². The SMILES string of the molecule is CC(C)[Si](Oc1c(F)cc(CCC(=O)CCc2cc(F)c(O[Si](C(C)C)(C(C)C)C(C)C)c(F)c2)cc1F)(C(C)C)C(C)C. The van der Waals surface area contributed by atoms with E-state index in [1.807, 2.05) is 83.1 Å². The van der Waals surface area contributed by atoms with Crippen LogP contribution in [0, 0.1) is 23.3 Å². The normalized spacial score (nSPS) is 12.9. The van der Waals surface area contributed by atoms with Crippen molar-refractivity contribution in [2.75, 3.05) is 0 Å². The number of halogens is 4. The zero-order chi connectivity index (χ0) is 33.7. The third-order valence-corrected chi connectivity index (χ3v) is 21.4. The number of ketones is 1. The van der Waals surface area contributed by atoms with Gasteiger partial charge < -0.3 is 8.85 Å². The van der Waals surface area contributed by atoms with E-state index in [0.29, 0.717) is 11.1 Å². The van der Waals surface area contributed by atoms with Crippen molar-refractivity contribution in [3.05, 3.63) is 58.7 Å². The minimum Gasteiger partial charge on any atom is -0.539 e. The third-order valence-electron chi connectivity index (χ3n) is 9.47. The highest BCUT2D eigenvalue weighted by Gasteiger charge is 2.49. The Morgan fingerprint density at radius 2 is 0.750 bits per heavy atom. The first kappa shape index (κ1) is 38.0. The smallest absolute Gasteiger partial charge is 0.259 e. The molecule has 0 N–H and O–H groups in total. The maximum Gasteiger partial charge on any atom is 0.259 e. The number of rotatable bonds is 16. The maximum atomic E-state index is 15.2. The molecule has 0 bridgehead atoms. The van der Waals surface area contributed by atoms with Gasteiger partial charge in [0, 0.05) is 12.8 Å². The molecule has 0 aliphatic heterocycles. The van der Waals surface area contributed by atoms with Gasteiger partial charge >= 0.3 is 0 Å². The van der Waals surface area contributed by atoms with Gasteiger partial charge in [0.05, 0.1) is 0 Å². The molecule has 3 nitrogen and oxygen atoms in total. The molecule has 2 aromatic carbocycles. The van der Waals surface area contributed by atoms with Crippen LogP contribution < -0.4 is 8.85 Å². The second-order valence-corrected chi connectivity index (χ2v) is 24.9. The van der Waals surface area contributed by atoms with Crippen LogP contribution in [0.2, 0.25) is 33.2 Å². The molecule has 44 heavy (non-hydrogen) atoms. The molecule has 2 rings (SSSR count). The average Bonchev–Trinajstić information content (AvgIpc) is 2.88. The van der Waals surface area contributed by atoms with Gasteiger partial charge in [-0.1, -0.05) is 83.1 Å². The lowest BCUT2D eigenvalue weighted by Gasteiger charge is -2.42. The molecule has 0 saturated carbocycles. The standard InChI is InChI=1S/C35H54F4O3Si2/c1-21(2)43(22(3)4,23(5)6)41-34-30(36)17-27(18-31(34)37)13-15-29(40)16-14-28-19-32(38)35(33(39)20-28)42-44(24(7)8,25(9)10)26(11)12/h17-26H,13-16H2,1-12H3. The summed E-state index contributed by atoms with van der Waals surface area (Å²) in [6.07, 6.45) is 0.407. The van der Waals surface area contributed by atoms with Crippen molar-refractivity contribution in [2.24, 2.45) is 0 Å². The summed E-state index contributed by atoms with van der Waals surface area (Å²) in [6, 6.07) is 4.96. The number of hydrogen-bond donors (Lipinski definition) is 0. The van der Waals surface area contributed by atoms with Crippen molar-refractivity contribution in [1.82, 2.24) is 0 Å². The molecular weight excluding hydrogens is 601 g/mol. The van der Waals surface area contributed by atoms with Crippen LogP contribution in [0.1, 0.15) is 107 Å². The van der Waals surface area contributed by atoms with Gasteiger partial charge in [-0.3, -0.25) is 4.79 Å². The summed E-state index contributed by atoms with van der Waals surface area (Å²) in [5, 5.41) is 0. The zero-order valence-corrected chi connectivity index (χ0v) is 30.8. The lowest BCUT2D eigenvalue weighted by Crippen LogP contribution is -2.51. The zero-order valence-electron chi connectivity index (χ0n) is 28.8. The van der Waals surface area contributed by atoms with Gasteiger partial charge in [0.15, 0.2) is 34.8 Å². The van der Waals surface area contributed by atoms with Crippen LogP contribution >= 0.6 is 0 Å². The highest BCUT2D eigenvalue weighted by Crippen LogP contribution is 2.45. The molecule has 0 spiro atoms. The second kappa shape index (κ2) is 15.4. The molecule has 0 unspecified atom stereocenters. The Bertz CT molecular complexity index is 1090. The molecule has 0 aliphatic carbocycles. The Morgan fingerprint density at radius 3 is 0.955 bits per heavy atom. The van der Waals surface area contributed by atoms with E-state index in [0.717, 1.165) is 0 Å².